The third kappa shape index (κ3) is 6.76. The lowest BCUT2D eigenvalue weighted by molar-refractivity contribution is -0.134. The Bertz CT molecular complexity index is 1710. The summed E-state index contributed by atoms with van der Waals surface area (Å²) in [4.78, 5) is 57.5. The highest BCUT2D eigenvalue weighted by molar-refractivity contribution is 6.04. The number of carbonyl (C=O) groups excluding carboxylic acids is 4. The lowest BCUT2D eigenvalue weighted by Crippen LogP contribution is -2.50. The third-order valence-electron chi connectivity index (χ3n) is 9.28. The molecule has 0 radical (unpaired) electrons. The number of aromatic amines is 1. The van der Waals surface area contributed by atoms with Gasteiger partial charge in [-0.25, -0.2) is 0 Å². The first-order valence-corrected chi connectivity index (χ1v) is 15.7. The summed E-state index contributed by atoms with van der Waals surface area (Å²) in [5, 5.41) is 3.79. The summed E-state index contributed by atoms with van der Waals surface area (Å²) >= 11 is 0. The molecule has 8 heteroatoms. The summed E-state index contributed by atoms with van der Waals surface area (Å²) < 4.78 is 11.2. The van der Waals surface area contributed by atoms with Gasteiger partial charge in [-0.15, -0.1) is 0 Å². The Kier molecular flexibility index (Phi) is 9.21. The van der Waals surface area contributed by atoms with Crippen LogP contribution in [0, 0.1) is 17.8 Å². The maximum Gasteiger partial charge on any atom is 0.224 e. The van der Waals surface area contributed by atoms with E-state index in [2.05, 4.69) is 10.3 Å². The Morgan fingerprint density at radius 3 is 2.38 bits per heavy atom. The van der Waals surface area contributed by atoms with E-state index in [1.807, 2.05) is 72.8 Å². The van der Waals surface area contributed by atoms with Crippen molar-refractivity contribution >= 4 is 34.2 Å². The first-order valence-electron chi connectivity index (χ1n) is 15.7. The van der Waals surface area contributed by atoms with E-state index in [4.69, 9.17) is 9.47 Å². The monoisotopic (exact) mass is 606 g/mol. The van der Waals surface area contributed by atoms with Gasteiger partial charge in [0.1, 0.15) is 18.1 Å². The highest BCUT2D eigenvalue weighted by Gasteiger charge is 2.40. The van der Waals surface area contributed by atoms with E-state index in [1.165, 1.54) is 0 Å². The molecule has 0 saturated heterocycles. The minimum absolute atomic E-state index is 0.126. The number of ketones is 3. The van der Waals surface area contributed by atoms with Crippen LogP contribution in [0.25, 0.3) is 10.9 Å². The standard InChI is InChI=1S/C37H38N2O6/c1-44-35-16-8-14-30-29(35)20-32(38-30)36(42)27-17-24-11-5-6-12-25(24)18-28(27)37(43)39-31(19-26-13-7-15-33(26)40)34(41)22-45-21-23-9-3-2-4-10-23/h2-6,8-12,14,16,20,26-28,31,38H,7,13,15,17-19,21-22H2,1H3,(H,39,43). The molecule has 1 amide bonds. The van der Waals surface area contributed by atoms with Crippen molar-refractivity contribution < 1.29 is 28.7 Å². The highest BCUT2D eigenvalue weighted by Crippen LogP contribution is 2.35. The molecule has 3 aromatic carbocycles. The molecule has 2 aliphatic rings. The lowest BCUT2D eigenvalue weighted by atomic mass is 9.72. The van der Waals surface area contributed by atoms with Crippen LogP contribution < -0.4 is 10.1 Å². The van der Waals surface area contributed by atoms with E-state index in [-0.39, 0.29) is 48.8 Å². The molecular weight excluding hydrogens is 568 g/mol. The molecule has 2 aliphatic carbocycles. The summed E-state index contributed by atoms with van der Waals surface area (Å²) in [7, 11) is 1.59. The van der Waals surface area contributed by atoms with Gasteiger partial charge in [-0.2, -0.15) is 0 Å². The van der Waals surface area contributed by atoms with Crippen LogP contribution in [0.1, 0.15) is 52.9 Å². The maximum atomic E-state index is 14.1. The number of nitrogens with one attached hydrogen (secondary N) is 2. The summed E-state index contributed by atoms with van der Waals surface area (Å²) in [5.74, 6) is -1.63. The second kappa shape index (κ2) is 13.6. The molecule has 1 heterocycles. The molecule has 0 aliphatic heterocycles. The first-order chi connectivity index (χ1) is 21.9. The van der Waals surface area contributed by atoms with Crippen LogP contribution in [0.3, 0.4) is 0 Å². The smallest absolute Gasteiger partial charge is 0.224 e. The molecule has 1 fully saturated rings. The summed E-state index contributed by atoms with van der Waals surface area (Å²) in [5.41, 5.74) is 4.17. The SMILES string of the molecule is COc1cccc2[nH]c(C(=O)C3Cc4ccccc4CC3C(=O)NC(CC3CCCC3=O)C(=O)COCc3ccccc3)cc12. The number of aromatic nitrogens is 1. The number of ether oxygens (including phenoxy) is 2. The number of Topliss-reactive ketones (excluding diaryl/α,β-unsaturated/α-hetero) is 3. The van der Waals surface area contributed by atoms with Gasteiger partial charge >= 0.3 is 0 Å². The van der Waals surface area contributed by atoms with Crippen LogP contribution >= 0.6 is 0 Å². The van der Waals surface area contributed by atoms with Crippen molar-refractivity contribution in [3.63, 3.8) is 0 Å². The predicted octanol–water partition coefficient (Wildman–Crippen LogP) is 5.42. The fourth-order valence-electron chi connectivity index (χ4n) is 6.82. The zero-order valence-electron chi connectivity index (χ0n) is 25.4. The number of H-pyrrole nitrogens is 1. The van der Waals surface area contributed by atoms with Gasteiger partial charge in [-0.05, 0) is 67.0 Å². The number of hydrogen-bond acceptors (Lipinski definition) is 6. The van der Waals surface area contributed by atoms with Crippen molar-refractivity contribution in [2.24, 2.45) is 17.8 Å². The van der Waals surface area contributed by atoms with Gasteiger partial charge in [0.2, 0.25) is 5.91 Å². The normalized spacial score (nSPS) is 20.0. The second-order valence-electron chi connectivity index (χ2n) is 12.2. The molecule has 1 saturated carbocycles. The zero-order valence-corrected chi connectivity index (χ0v) is 25.4. The number of methoxy groups -OCH3 is 1. The molecule has 4 atom stereocenters. The predicted molar refractivity (Wildman–Crippen MR) is 170 cm³/mol. The van der Waals surface area contributed by atoms with Crippen molar-refractivity contribution in [2.75, 3.05) is 13.7 Å². The van der Waals surface area contributed by atoms with Gasteiger partial charge in [-0.3, -0.25) is 19.2 Å². The van der Waals surface area contributed by atoms with Crippen molar-refractivity contribution in [3.05, 3.63) is 101 Å². The number of hydrogen-bond donors (Lipinski definition) is 2. The van der Waals surface area contributed by atoms with Crippen molar-refractivity contribution in [1.29, 1.82) is 0 Å². The molecule has 4 aromatic rings. The minimum Gasteiger partial charge on any atom is -0.496 e. The van der Waals surface area contributed by atoms with Gasteiger partial charge in [0.15, 0.2) is 11.6 Å². The Balaban J connectivity index is 1.24. The average molecular weight is 607 g/mol. The van der Waals surface area contributed by atoms with E-state index in [0.29, 0.717) is 37.1 Å². The Morgan fingerprint density at radius 2 is 1.67 bits per heavy atom. The topological polar surface area (TPSA) is 115 Å². The highest BCUT2D eigenvalue weighted by atomic mass is 16.5. The molecule has 2 N–H and O–H groups in total. The fraction of sp³-hybridized carbons (Fsp3) is 0.351. The fourth-order valence-corrected chi connectivity index (χ4v) is 6.82. The summed E-state index contributed by atoms with van der Waals surface area (Å²) in [6, 6.07) is 23.9. The Labute approximate surface area is 262 Å². The van der Waals surface area contributed by atoms with Crippen LogP contribution in [-0.2, 0) is 38.6 Å². The van der Waals surface area contributed by atoms with Gasteiger partial charge < -0.3 is 19.8 Å². The number of amides is 1. The average Bonchev–Trinajstić information content (AvgIpc) is 3.69. The van der Waals surface area contributed by atoms with Gasteiger partial charge in [0.05, 0.1) is 31.4 Å². The quantitative estimate of drug-likeness (QED) is 0.208. The molecule has 0 bridgehead atoms. The second-order valence-corrected chi connectivity index (χ2v) is 12.2. The van der Waals surface area contributed by atoms with Crippen LogP contribution in [-0.4, -0.2) is 48.0 Å². The van der Waals surface area contributed by atoms with Crippen LogP contribution in [0.4, 0.5) is 0 Å². The number of rotatable bonds is 12. The van der Waals surface area contributed by atoms with E-state index in [1.54, 1.807) is 13.2 Å². The molecule has 232 valence electrons. The summed E-state index contributed by atoms with van der Waals surface area (Å²) in [6.07, 6.45) is 2.99. The lowest BCUT2D eigenvalue weighted by Gasteiger charge is -2.32. The van der Waals surface area contributed by atoms with E-state index >= 15 is 0 Å². The van der Waals surface area contributed by atoms with Crippen LogP contribution in [0.5, 0.6) is 5.75 Å². The maximum absolute atomic E-state index is 14.1. The third-order valence-corrected chi connectivity index (χ3v) is 9.28. The molecular formula is C37H38N2O6. The Morgan fingerprint density at radius 1 is 0.933 bits per heavy atom. The van der Waals surface area contributed by atoms with E-state index in [9.17, 15) is 19.2 Å². The number of fused-ring (bicyclic) bond motifs is 2. The first kappa shape index (κ1) is 30.5. The largest absolute Gasteiger partial charge is 0.496 e. The molecule has 4 unspecified atom stereocenters. The molecule has 0 spiro atoms. The van der Waals surface area contributed by atoms with Gasteiger partial charge in [-0.1, -0.05) is 60.7 Å². The molecule has 6 rings (SSSR count). The van der Waals surface area contributed by atoms with Gasteiger partial charge in [0, 0.05) is 29.2 Å². The van der Waals surface area contributed by atoms with Gasteiger partial charge in [0.25, 0.3) is 0 Å². The Hall–Kier alpha value is -4.56. The molecule has 45 heavy (non-hydrogen) atoms. The number of carbonyl (C=O) groups is 4. The van der Waals surface area contributed by atoms with E-state index in [0.717, 1.165) is 34.0 Å². The zero-order chi connectivity index (χ0) is 31.3. The van der Waals surface area contributed by atoms with Crippen molar-refractivity contribution in [1.82, 2.24) is 10.3 Å². The number of benzene rings is 3. The van der Waals surface area contributed by atoms with Crippen LogP contribution in [0.2, 0.25) is 0 Å². The molecule has 8 nitrogen and oxygen atoms in total. The van der Waals surface area contributed by atoms with Crippen molar-refractivity contribution in [3.8, 4) is 5.75 Å². The van der Waals surface area contributed by atoms with Crippen molar-refractivity contribution in [2.45, 2.75) is 51.2 Å². The molecule has 1 aromatic heterocycles. The minimum atomic E-state index is -0.884. The van der Waals surface area contributed by atoms with Crippen LogP contribution in [0.15, 0.2) is 78.9 Å². The summed E-state index contributed by atoms with van der Waals surface area (Å²) in [6.45, 7) is 0.0778. The van der Waals surface area contributed by atoms with E-state index < -0.39 is 17.9 Å².